The lowest BCUT2D eigenvalue weighted by atomic mass is 9.59. The van der Waals surface area contributed by atoms with E-state index in [2.05, 4.69) is 58.8 Å². The highest BCUT2D eigenvalue weighted by molar-refractivity contribution is 5.68. The van der Waals surface area contributed by atoms with E-state index in [0.29, 0.717) is 0 Å². The van der Waals surface area contributed by atoms with E-state index in [9.17, 15) is 10.1 Å². The summed E-state index contributed by atoms with van der Waals surface area (Å²) in [5.74, 6) is 0.307. The van der Waals surface area contributed by atoms with E-state index in [1.54, 1.807) is 0 Å². The molecule has 0 aromatic heterocycles. The fourth-order valence-electron chi connectivity index (χ4n) is 6.23. The third-order valence-corrected chi connectivity index (χ3v) is 7.72. The molecule has 1 heterocycles. The summed E-state index contributed by atoms with van der Waals surface area (Å²) in [5.41, 5.74) is 1.25. The summed E-state index contributed by atoms with van der Waals surface area (Å²) in [7, 11) is 0. The van der Waals surface area contributed by atoms with E-state index in [1.165, 1.54) is 5.56 Å². The molecule has 3 atom stereocenters. The van der Waals surface area contributed by atoms with Gasteiger partial charge >= 0.3 is 6.09 Å². The summed E-state index contributed by atoms with van der Waals surface area (Å²) in [5, 5.41) is 14.0. The molecule has 0 radical (unpaired) electrons. The summed E-state index contributed by atoms with van der Waals surface area (Å²) < 4.78 is 5.58. The van der Waals surface area contributed by atoms with Crippen molar-refractivity contribution in [1.29, 1.82) is 5.26 Å². The molecule has 1 aliphatic carbocycles. The molecule has 2 aromatic rings. The fraction of sp³-hybridized carbons (Fsp3) is 0.533. The molecule has 1 N–H and O–H groups in total. The van der Waals surface area contributed by atoms with Gasteiger partial charge in [-0.25, -0.2) is 4.79 Å². The van der Waals surface area contributed by atoms with E-state index >= 15 is 0 Å². The quantitative estimate of drug-likeness (QED) is 0.554. The second-order valence-electron chi connectivity index (χ2n) is 11.2. The summed E-state index contributed by atoms with van der Waals surface area (Å²) in [6, 6.07) is 23.7. The Morgan fingerprint density at radius 2 is 1.63 bits per heavy atom. The average Bonchev–Trinajstić information content (AvgIpc) is 3.29. The van der Waals surface area contributed by atoms with E-state index in [1.807, 2.05) is 39.0 Å². The van der Waals surface area contributed by atoms with E-state index < -0.39 is 11.0 Å². The Bertz CT molecular complexity index is 1000. The third-order valence-electron chi connectivity index (χ3n) is 7.72. The monoisotopic (exact) mass is 473 g/mol. The van der Waals surface area contributed by atoms with E-state index in [-0.39, 0.29) is 24.0 Å². The summed E-state index contributed by atoms with van der Waals surface area (Å²) in [6.07, 6.45) is 4.40. The number of nitrogens with one attached hydrogen (secondary N) is 1. The molecule has 5 heteroatoms. The molecule has 1 amide bonds. The number of hydrogen-bond acceptors (Lipinski definition) is 4. The van der Waals surface area contributed by atoms with Crippen molar-refractivity contribution in [3.05, 3.63) is 71.8 Å². The number of hydrogen-bond donors (Lipinski definition) is 1. The number of ether oxygens (including phenoxy) is 1. The molecule has 1 unspecified atom stereocenters. The number of carbonyl (C=O) groups is 1. The van der Waals surface area contributed by atoms with Crippen molar-refractivity contribution < 1.29 is 9.53 Å². The number of alkyl carbamates (subject to hydrolysis) is 1. The van der Waals surface area contributed by atoms with Gasteiger partial charge in [0.1, 0.15) is 5.60 Å². The van der Waals surface area contributed by atoms with Gasteiger partial charge in [-0.05, 0) is 76.6 Å². The molecule has 1 aliphatic heterocycles. The van der Waals surface area contributed by atoms with E-state index in [0.717, 1.165) is 57.3 Å². The Balaban J connectivity index is 1.56. The number of nitriles is 1. The Morgan fingerprint density at radius 3 is 2.23 bits per heavy atom. The maximum atomic E-state index is 12.7. The predicted molar refractivity (Wildman–Crippen MR) is 139 cm³/mol. The number of carbonyl (C=O) groups excluding carboxylic acids is 1. The Morgan fingerprint density at radius 1 is 1.00 bits per heavy atom. The SMILES string of the molecule is CC(C)(C)OC(=O)N[C@H]1CCC[C@@H]1C(C#N)(c1ccccc1)C1CCN(Cc2ccccc2)CC1. The minimum absolute atomic E-state index is 0.0629. The van der Waals surface area contributed by atoms with Gasteiger partial charge in [0.25, 0.3) is 0 Å². The minimum Gasteiger partial charge on any atom is -0.444 e. The van der Waals surface area contributed by atoms with Crippen LogP contribution in [0, 0.1) is 23.2 Å². The highest BCUT2D eigenvalue weighted by Crippen LogP contribution is 2.50. The van der Waals surface area contributed by atoms with Crippen molar-refractivity contribution in [3.8, 4) is 6.07 Å². The Kier molecular flexibility index (Phi) is 7.82. The molecule has 0 spiro atoms. The first-order valence-electron chi connectivity index (χ1n) is 13.0. The number of rotatable bonds is 6. The molecule has 4 rings (SSSR count). The van der Waals surface area contributed by atoms with Gasteiger partial charge in [-0.1, -0.05) is 67.1 Å². The fourth-order valence-corrected chi connectivity index (χ4v) is 6.23. The molecule has 2 aliphatic rings. The lowest BCUT2D eigenvalue weighted by Crippen LogP contribution is -2.52. The molecule has 5 nitrogen and oxygen atoms in total. The van der Waals surface area contributed by atoms with Crippen LogP contribution in [0.25, 0.3) is 0 Å². The summed E-state index contributed by atoms with van der Waals surface area (Å²) in [6.45, 7) is 8.55. The van der Waals surface area contributed by atoms with Crippen molar-refractivity contribution in [2.45, 2.75) is 76.5 Å². The lowest BCUT2D eigenvalue weighted by Gasteiger charge is -2.46. The number of nitrogens with zero attached hydrogens (tertiary/aromatic N) is 2. The van der Waals surface area contributed by atoms with Gasteiger partial charge in [0, 0.05) is 18.5 Å². The van der Waals surface area contributed by atoms with Crippen LogP contribution in [0.15, 0.2) is 60.7 Å². The Hall–Kier alpha value is -2.84. The molecule has 0 bridgehead atoms. The summed E-state index contributed by atoms with van der Waals surface area (Å²) >= 11 is 0. The molecular formula is C30H39N3O2. The molecule has 2 fully saturated rings. The minimum atomic E-state index is -0.629. The van der Waals surface area contributed by atoms with Crippen LogP contribution in [0.4, 0.5) is 4.79 Å². The van der Waals surface area contributed by atoms with Gasteiger partial charge in [-0.3, -0.25) is 4.90 Å². The standard InChI is InChI=1S/C30H39N3O2/c1-29(2,3)35-28(34)32-27-16-10-15-26(27)30(22-31,24-13-8-5-9-14-24)25-17-19-33(20-18-25)21-23-11-6-4-7-12-23/h4-9,11-14,25-27H,10,15-21H2,1-3H3,(H,32,34)/t26-,27-,30?/m0/s1. The third kappa shape index (κ3) is 5.87. The highest BCUT2D eigenvalue weighted by atomic mass is 16.6. The van der Waals surface area contributed by atoms with Crippen LogP contribution in [0.3, 0.4) is 0 Å². The second-order valence-corrected chi connectivity index (χ2v) is 11.2. The molecule has 35 heavy (non-hydrogen) atoms. The van der Waals surface area contributed by atoms with Crippen molar-refractivity contribution in [2.75, 3.05) is 13.1 Å². The van der Waals surface area contributed by atoms with Crippen molar-refractivity contribution in [2.24, 2.45) is 11.8 Å². The zero-order valence-corrected chi connectivity index (χ0v) is 21.4. The molecular weight excluding hydrogens is 434 g/mol. The largest absolute Gasteiger partial charge is 0.444 e. The molecule has 1 saturated carbocycles. The molecule has 2 aromatic carbocycles. The second kappa shape index (κ2) is 10.8. The zero-order chi connectivity index (χ0) is 24.9. The predicted octanol–water partition coefficient (Wildman–Crippen LogP) is 6.05. The van der Waals surface area contributed by atoms with Crippen LogP contribution in [0.1, 0.15) is 64.0 Å². The van der Waals surface area contributed by atoms with Gasteiger partial charge in [-0.2, -0.15) is 5.26 Å². The van der Waals surface area contributed by atoms with Crippen molar-refractivity contribution in [3.63, 3.8) is 0 Å². The highest BCUT2D eigenvalue weighted by Gasteiger charge is 2.52. The number of likely N-dealkylation sites (tertiary alicyclic amines) is 1. The lowest BCUT2D eigenvalue weighted by molar-refractivity contribution is 0.0459. The van der Waals surface area contributed by atoms with Crippen molar-refractivity contribution >= 4 is 6.09 Å². The van der Waals surface area contributed by atoms with Gasteiger partial charge < -0.3 is 10.1 Å². The first-order valence-corrected chi connectivity index (χ1v) is 13.0. The first-order chi connectivity index (χ1) is 16.8. The van der Waals surface area contributed by atoms with Gasteiger partial charge in [0.05, 0.1) is 11.5 Å². The average molecular weight is 474 g/mol. The topological polar surface area (TPSA) is 65.4 Å². The molecule has 1 saturated heterocycles. The molecule has 186 valence electrons. The summed E-state index contributed by atoms with van der Waals surface area (Å²) in [4.78, 5) is 15.2. The van der Waals surface area contributed by atoms with Crippen molar-refractivity contribution in [1.82, 2.24) is 10.2 Å². The van der Waals surface area contributed by atoms with Crippen LogP contribution in [0.5, 0.6) is 0 Å². The maximum absolute atomic E-state index is 12.7. The smallest absolute Gasteiger partial charge is 0.407 e. The Labute approximate surface area is 210 Å². The van der Waals surface area contributed by atoms with Gasteiger partial charge in [-0.15, -0.1) is 0 Å². The van der Waals surface area contributed by atoms with Gasteiger partial charge in [0.2, 0.25) is 0 Å². The normalized spacial score (nSPS) is 23.3. The number of amides is 1. The van der Waals surface area contributed by atoms with Crippen LogP contribution in [-0.2, 0) is 16.7 Å². The van der Waals surface area contributed by atoms with Crippen LogP contribution in [-0.4, -0.2) is 35.7 Å². The number of piperidine rings is 1. The van der Waals surface area contributed by atoms with Crippen LogP contribution < -0.4 is 5.32 Å². The number of benzene rings is 2. The van der Waals surface area contributed by atoms with Crippen LogP contribution >= 0.6 is 0 Å². The first kappa shape index (κ1) is 25.3. The maximum Gasteiger partial charge on any atom is 0.407 e. The van der Waals surface area contributed by atoms with Crippen LogP contribution in [0.2, 0.25) is 0 Å². The van der Waals surface area contributed by atoms with E-state index in [4.69, 9.17) is 4.74 Å². The zero-order valence-electron chi connectivity index (χ0n) is 21.4. The van der Waals surface area contributed by atoms with Gasteiger partial charge in [0.15, 0.2) is 0 Å².